The number of hydrogen-bond donors (Lipinski definition) is 4. The molecule has 0 radical (unpaired) electrons. The largest absolute Gasteiger partial charge is 0.444 e. The van der Waals surface area contributed by atoms with Gasteiger partial charge in [-0.25, -0.2) is 53.7 Å². The van der Waals surface area contributed by atoms with Crippen LogP contribution in [0.2, 0.25) is 0 Å². The molecule has 3 fully saturated rings. The Balaban J connectivity index is 0.000000146. The highest BCUT2D eigenvalue weighted by molar-refractivity contribution is 6.08. The normalized spacial score (nSPS) is 17.6. The van der Waals surface area contributed by atoms with Crippen molar-refractivity contribution < 1.29 is 82.2 Å². The number of Topliss-reactive ketones (excluding diaryl/α,β-unsaturated/α-hetero) is 3. The lowest BCUT2D eigenvalue weighted by Gasteiger charge is -2.35. The van der Waals surface area contributed by atoms with E-state index in [-0.39, 0.29) is 64.3 Å². The quantitative estimate of drug-likeness (QED) is 0.0547. The Hall–Kier alpha value is -11.2. The molecule has 36 heteroatoms. The van der Waals surface area contributed by atoms with E-state index in [1.807, 2.05) is 36.0 Å². The van der Waals surface area contributed by atoms with Crippen LogP contribution in [0.5, 0.6) is 0 Å². The van der Waals surface area contributed by atoms with Crippen molar-refractivity contribution in [2.24, 2.45) is 18.9 Å². The summed E-state index contributed by atoms with van der Waals surface area (Å²) in [5, 5.41) is 21.5. The molecule has 8 aromatic rings. The number of fused-ring (bicyclic) bond motifs is 12. The lowest BCUT2D eigenvalue weighted by Crippen LogP contribution is -2.48. The van der Waals surface area contributed by atoms with Crippen LogP contribution in [0.15, 0.2) is 115 Å². The van der Waals surface area contributed by atoms with Crippen molar-refractivity contribution in [1.82, 2.24) is 44.7 Å². The lowest BCUT2D eigenvalue weighted by atomic mass is 10.0. The van der Waals surface area contributed by atoms with Gasteiger partial charge < -0.3 is 24.2 Å². The molecule has 0 saturated carbocycles. The number of aromatic nitrogens is 9. The Morgan fingerprint density at radius 1 is 0.592 bits per heavy atom. The van der Waals surface area contributed by atoms with Crippen molar-refractivity contribution in [3.8, 4) is 22.5 Å². The third-order valence-electron chi connectivity index (χ3n) is 18.2. The van der Waals surface area contributed by atoms with Gasteiger partial charge in [0.15, 0.2) is 47.0 Å². The topological polar surface area (TPSA) is 299 Å². The number of anilines is 9. The second-order valence-electron chi connectivity index (χ2n) is 25.2. The Morgan fingerprint density at radius 2 is 1.07 bits per heavy atom. The van der Waals surface area contributed by atoms with Crippen molar-refractivity contribution in [3.05, 3.63) is 139 Å². The Morgan fingerprint density at radius 3 is 1.50 bits per heavy atom. The lowest BCUT2D eigenvalue weighted by molar-refractivity contribution is -0.182. The molecule has 26 nitrogen and oxygen atoms in total. The molecule has 6 aliphatic rings. The molecule has 0 unspecified atom stereocenters. The second-order valence-corrected chi connectivity index (χ2v) is 25.2. The van der Waals surface area contributed by atoms with E-state index < -0.39 is 104 Å². The summed E-state index contributed by atoms with van der Waals surface area (Å²) in [7, 11) is 1.83. The predicted molar refractivity (Wildman–Crippen MR) is 354 cm³/mol. The van der Waals surface area contributed by atoms with E-state index in [1.54, 1.807) is 47.3 Å². The molecule has 6 bridgehead atoms. The number of urea groups is 3. The molecular formula is C67H64F10N18O8. The molecule has 0 aliphatic carbocycles. The van der Waals surface area contributed by atoms with E-state index in [4.69, 9.17) is 9.52 Å². The highest BCUT2D eigenvalue weighted by Crippen LogP contribution is 2.44. The molecule has 14 heterocycles. The van der Waals surface area contributed by atoms with Gasteiger partial charge in [-0.2, -0.15) is 44.6 Å². The Kier molecular flexibility index (Phi) is 20.2. The number of amides is 6. The molecule has 0 aromatic carbocycles. The second kappa shape index (κ2) is 29.0. The standard InChI is InChI=1S/C25H26F3N7O2.C22H19F3N6O3.C20H19F4N5O3/c1-14(25(26,27)28)10-21(36)19-4-5-20-23(30-19)35(17-7-9-34(20)12-17)24(37)31-22-11-16(6-8-29-22)18-13-33(3)32-15(18)2;23-22(24,25)6-3-17(32)15-1-2-16-20(28-15)31(14-5-8-30(16)11-14)21(33)29-19-9-13(4-7-27-19)18-10-26-12-34-18;21-12-1-4-17(25-8-12)27-19(32)29-13-5-6-28(9-13)15-3-2-14(26-18(15)29)16(31)7-11(10-30)20(22,23)24/h4-6,8,11,13-14,17H,7,9-10,12H2,1-3H3,(H,29,31,37);1-2,4,7,9-10,12,14H,3,5-6,8,11H2,(H,27,29,33);1-4,8,11,13,30H,5-7,9-10H2,(H,25,27,32)/t14-,17-;14-;11-,13+/m001/s1. The molecule has 103 heavy (non-hydrogen) atoms. The molecule has 8 aromatic heterocycles. The summed E-state index contributed by atoms with van der Waals surface area (Å²) in [4.78, 5) is 117. The van der Waals surface area contributed by atoms with Crippen LogP contribution in [0.4, 0.5) is 110 Å². The molecule has 5 atom stereocenters. The molecule has 14 rings (SSSR count). The maximum atomic E-state index is 13.5. The molecule has 6 amide bonds. The van der Waals surface area contributed by atoms with Crippen LogP contribution in [-0.4, -0.2) is 168 Å². The summed E-state index contributed by atoms with van der Waals surface area (Å²) in [6.07, 6.45) is -6.44. The van der Waals surface area contributed by atoms with Crippen molar-refractivity contribution >= 4 is 87.4 Å². The van der Waals surface area contributed by atoms with Crippen molar-refractivity contribution in [2.75, 3.05) is 91.2 Å². The van der Waals surface area contributed by atoms with Crippen molar-refractivity contribution in [1.29, 1.82) is 0 Å². The van der Waals surface area contributed by atoms with Crippen LogP contribution < -0.4 is 45.3 Å². The number of nitrogens with zero attached hydrogens (tertiary/aromatic N) is 15. The van der Waals surface area contributed by atoms with Gasteiger partial charge in [0.05, 0.1) is 78.1 Å². The zero-order valence-electron chi connectivity index (χ0n) is 55.0. The molecule has 6 aliphatic heterocycles. The van der Waals surface area contributed by atoms with E-state index in [0.717, 1.165) is 36.0 Å². The maximum absolute atomic E-state index is 13.5. The third kappa shape index (κ3) is 16.0. The molecule has 4 N–H and O–H groups in total. The summed E-state index contributed by atoms with van der Waals surface area (Å²) >= 11 is 0. The predicted octanol–water partition coefficient (Wildman–Crippen LogP) is 11.9. The number of oxazole rings is 1. The van der Waals surface area contributed by atoms with Crippen molar-refractivity contribution in [2.45, 2.75) is 95.4 Å². The number of aliphatic hydroxyl groups excluding tert-OH is 1. The number of pyridine rings is 6. The number of rotatable bonds is 15. The van der Waals surface area contributed by atoms with E-state index in [2.05, 4.69) is 60.8 Å². The average Bonchev–Trinajstić information content (AvgIpc) is 1.69. The van der Waals surface area contributed by atoms with Gasteiger partial charge in [0.25, 0.3) is 0 Å². The fourth-order valence-electron chi connectivity index (χ4n) is 12.9. The van der Waals surface area contributed by atoms with Gasteiger partial charge in [-0.3, -0.25) is 49.7 Å². The van der Waals surface area contributed by atoms with Crippen molar-refractivity contribution in [3.63, 3.8) is 0 Å². The smallest absolute Gasteiger partial charge is 0.394 e. The molecule has 540 valence electrons. The minimum Gasteiger partial charge on any atom is -0.444 e. The minimum atomic E-state index is -4.72. The number of halogens is 10. The van der Waals surface area contributed by atoms with Gasteiger partial charge in [-0.1, -0.05) is 6.92 Å². The first-order valence-corrected chi connectivity index (χ1v) is 32.4. The Bertz CT molecular complexity index is 4520. The molecule has 0 spiro atoms. The first kappa shape index (κ1) is 71.6. The summed E-state index contributed by atoms with van der Waals surface area (Å²) in [5.41, 5.74) is 4.72. The fraction of sp³-hybridized carbons (Fsp3) is 0.373. The van der Waals surface area contributed by atoms with E-state index >= 15 is 0 Å². The van der Waals surface area contributed by atoms with E-state index in [0.29, 0.717) is 92.7 Å². The average molecular weight is 1440 g/mol. The van der Waals surface area contributed by atoms with Crippen LogP contribution in [0, 0.1) is 24.6 Å². The number of aliphatic hydroxyl groups is 1. The number of alkyl halides is 9. The number of ketones is 3. The number of hydrogen-bond acceptors (Lipinski definition) is 19. The summed E-state index contributed by atoms with van der Waals surface area (Å²) in [6.45, 7) is 5.42. The zero-order valence-corrected chi connectivity index (χ0v) is 55.0. The first-order valence-electron chi connectivity index (χ1n) is 32.4. The zero-order chi connectivity index (χ0) is 73.4. The van der Waals surface area contributed by atoms with Crippen LogP contribution in [0.3, 0.4) is 0 Å². The van der Waals surface area contributed by atoms with Gasteiger partial charge in [-0.05, 0) is 105 Å². The fourth-order valence-corrected chi connectivity index (χ4v) is 12.9. The van der Waals surface area contributed by atoms with Crippen LogP contribution >= 0.6 is 0 Å². The number of aryl methyl sites for hydroxylation is 2. The number of carbonyl (C=O) groups is 6. The number of carbonyl (C=O) groups excluding carboxylic acids is 6. The molecular weight excluding hydrogens is 1370 g/mol. The van der Waals surface area contributed by atoms with Gasteiger partial charge >= 0.3 is 36.6 Å². The van der Waals surface area contributed by atoms with Crippen LogP contribution in [0.1, 0.15) is 89.0 Å². The van der Waals surface area contributed by atoms with Gasteiger partial charge in [-0.15, -0.1) is 0 Å². The minimum absolute atomic E-state index is 0.0951. The number of nitrogens with one attached hydrogen (secondary N) is 3. The van der Waals surface area contributed by atoms with Gasteiger partial charge in [0.1, 0.15) is 40.4 Å². The van der Waals surface area contributed by atoms with Crippen LogP contribution in [0.25, 0.3) is 22.5 Å². The molecule has 3 saturated heterocycles. The van der Waals surface area contributed by atoms with E-state index in [1.165, 1.54) is 57.8 Å². The maximum Gasteiger partial charge on any atom is 0.394 e. The Labute approximate surface area is 579 Å². The van der Waals surface area contributed by atoms with Gasteiger partial charge in [0.2, 0.25) is 0 Å². The first-order chi connectivity index (χ1) is 49.0. The van der Waals surface area contributed by atoms with E-state index in [9.17, 15) is 72.7 Å². The third-order valence-corrected chi connectivity index (χ3v) is 18.2. The highest BCUT2D eigenvalue weighted by Gasteiger charge is 2.46. The summed E-state index contributed by atoms with van der Waals surface area (Å²) < 4.78 is 136. The monoisotopic (exact) mass is 1440 g/mol. The van der Waals surface area contributed by atoms with Crippen LogP contribution in [-0.2, 0) is 7.05 Å². The van der Waals surface area contributed by atoms with Gasteiger partial charge in [0, 0.05) is 95.3 Å². The SMILES string of the molecule is Cc1nn(C)cc1-c1ccnc(NC(=O)N2c3nc(C(=O)C[C@H](C)C(F)(F)F)ccc3N3CC[C@H]2C3)c1.O=C(CCC(F)(F)F)c1ccc2c(n1)N(C(=O)Nc1cc(-c3cnco3)ccn1)[C@H]1CCN2C1.O=C(C[C@H](CO)C(F)(F)F)c1ccc2c(n1)N(C(=O)Nc1ccc(F)cn1)[C@H]1CCN2C1. The highest BCUT2D eigenvalue weighted by atomic mass is 19.4. The summed E-state index contributed by atoms with van der Waals surface area (Å²) in [6, 6.07) is 16.1. The summed E-state index contributed by atoms with van der Waals surface area (Å²) in [5.74, 6) is -5.01.